The molecule has 2 heteroatoms. The fourth-order valence-electron chi connectivity index (χ4n) is 2.18. The van der Waals surface area contributed by atoms with Crippen molar-refractivity contribution in [2.45, 2.75) is 52.2 Å². The van der Waals surface area contributed by atoms with E-state index in [0.29, 0.717) is 18.1 Å². The van der Waals surface area contributed by atoms with Crippen LogP contribution in [0.2, 0.25) is 0 Å². The zero-order valence-electron chi connectivity index (χ0n) is 10.0. The molecule has 1 rings (SSSR count). The second-order valence-corrected chi connectivity index (χ2v) is 4.46. The van der Waals surface area contributed by atoms with E-state index in [-0.39, 0.29) is 0 Å². The monoisotopic (exact) mass is 199 g/mol. The Balaban J connectivity index is 2.52. The molecule has 14 heavy (non-hydrogen) atoms. The van der Waals surface area contributed by atoms with Gasteiger partial charge in [-0.15, -0.1) is 0 Å². The molecule has 0 heterocycles. The van der Waals surface area contributed by atoms with Crippen LogP contribution in [0, 0.1) is 11.8 Å². The van der Waals surface area contributed by atoms with Crippen LogP contribution in [0.4, 0.5) is 0 Å². The minimum atomic E-state index is 0.444. The number of ether oxygens (including phenoxy) is 1. The van der Waals surface area contributed by atoms with E-state index in [9.17, 15) is 0 Å². The summed E-state index contributed by atoms with van der Waals surface area (Å²) in [6.45, 7) is 7.51. The molecule has 0 aromatic heterocycles. The molecule has 1 aliphatic rings. The van der Waals surface area contributed by atoms with E-state index in [0.717, 1.165) is 12.5 Å². The molecule has 0 aromatic rings. The fraction of sp³-hybridized carbons (Fsp3) is 1.00. The SMILES string of the molecule is CCOC(C1CC1)C(NC)C(C)CC. The third-order valence-corrected chi connectivity index (χ3v) is 3.39. The van der Waals surface area contributed by atoms with Crippen LogP contribution in [0.5, 0.6) is 0 Å². The summed E-state index contributed by atoms with van der Waals surface area (Å²) in [6, 6.07) is 0.535. The van der Waals surface area contributed by atoms with Crippen molar-refractivity contribution in [3.63, 3.8) is 0 Å². The Morgan fingerprint density at radius 2 is 2.00 bits per heavy atom. The van der Waals surface area contributed by atoms with Crippen LogP contribution in [-0.4, -0.2) is 25.8 Å². The lowest BCUT2D eigenvalue weighted by Crippen LogP contribution is -2.45. The molecule has 84 valence electrons. The second-order valence-electron chi connectivity index (χ2n) is 4.46. The maximum absolute atomic E-state index is 5.88. The Kier molecular flexibility index (Phi) is 4.90. The Bertz CT molecular complexity index is 156. The minimum Gasteiger partial charge on any atom is -0.377 e. The van der Waals surface area contributed by atoms with Crippen LogP contribution in [0.15, 0.2) is 0 Å². The van der Waals surface area contributed by atoms with E-state index < -0.39 is 0 Å². The predicted octanol–water partition coefficient (Wildman–Crippen LogP) is 2.44. The molecule has 0 aliphatic heterocycles. The van der Waals surface area contributed by atoms with Gasteiger partial charge in [0.2, 0.25) is 0 Å². The molecule has 0 aromatic carbocycles. The van der Waals surface area contributed by atoms with Crippen LogP contribution in [0.3, 0.4) is 0 Å². The molecule has 2 nitrogen and oxygen atoms in total. The van der Waals surface area contributed by atoms with Crippen LogP contribution in [-0.2, 0) is 4.74 Å². The summed E-state index contributed by atoms with van der Waals surface area (Å²) >= 11 is 0. The normalized spacial score (nSPS) is 23.1. The minimum absolute atomic E-state index is 0.444. The highest BCUT2D eigenvalue weighted by atomic mass is 16.5. The van der Waals surface area contributed by atoms with Gasteiger partial charge >= 0.3 is 0 Å². The van der Waals surface area contributed by atoms with Crippen molar-refractivity contribution < 1.29 is 4.74 Å². The maximum Gasteiger partial charge on any atom is 0.0758 e. The first-order valence-electron chi connectivity index (χ1n) is 6.03. The zero-order chi connectivity index (χ0) is 10.6. The topological polar surface area (TPSA) is 21.3 Å². The van der Waals surface area contributed by atoms with E-state index in [2.05, 4.69) is 33.1 Å². The van der Waals surface area contributed by atoms with E-state index in [1.165, 1.54) is 19.3 Å². The fourth-order valence-corrected chi connectivity index (χ4v) is 2.18. The number of rotatable bonds is 7. The maximum atomic E-state index is 5.88. The van der Waals surface area contributed by atoms with Gasteiger partial charge in [-0.2, -0.15) is 0 Å². The molecule has 1 aliphatic carbocycles. The van der Waals surface area contributed by atoms with E-state index >= 15 is 0 Å². The number of hydrogen-bond acceptors (Lipinski definition) is 2. The summed E-state index contributed by atoms with van der Waals surface area (Å²) in [7, 11) is 2.06. The van der Waals surface area contributed by atoms with E-state index in [4.69, 9.17) is 4.74 Å². The van der Waals surface area contributed by atoms with Gasteiger partial charge < -0.3 is 10.1 Å². The molecule has 0 radical (unpaired) electrons. The molecule has 1 N–H and O–H groups in total. The van der Waals surface area contributed by atoms with Gasteiger partial charge in [0, 0.05) is 12.6 Å². The van der Waals surface area contributed by atoms with Gasteiger partial charge in [0.15, 0.2) is 0 Å². The van der Waals surface area contributed by atoms with Gasteiger partial charge in [0.25, 0.3) is 0 Å². The molecule has 3 atom stereocenters. The Morgan fingerprint density at radius 3 is 2.36 bits per heavy atom. The predicted molar refractivity (Wildman–Crippen MR) is 60.4 cm³/mol. The van der Waals surface area contributed by atoms with Crippen molar-refractivity contribution in [3.05, 3.63) is 0 Å². The molecule has 1 saturated carbocycles. The van der Waals surface area contributed by atoms with Crippen molar-refractivity contribution in [2.24, 2.45) is 11.8 Å². The average Bonchev–Trinajstić information content (AvgIpc) is 3.00. The molecule has 0 bridgehead atoms. The lowest BCUT2D eigenvalue weighted by atomic mass is 9.92. The third-order valence-electron chi connectivity index (χ3n) is 3.39. The number of hydrogen-bond donors (Lipinski definition) is 1. The van der Waals surface area contributed by atoms with Crippen LogP contribution in [0.1, 0.15) is 40.0 Å². The lowest BCUT2D eigenvalue weighted by Gasteiger charge is -2.31. The van der Waals surface area contributed by atoms with E-state index in [1.807, 2.05) is 0 Å². The van der Waals surface area contributed by atoms with Crippen molar-refractivity contribution in [2.75, 3.05) is 13.7 Å². The first kappa shape index (κ1) is 12.0. The molecular weight excluding hydrogens is 174 g/mol. The highest BCUT2D eigenvalue weighted by molar-refractivity contribution is 4.91. The second kappa shape index (κ2) is 5.72. The summed E-state index contributed by atoms with van der Waals surface area (Å²) in [4.78, 5) is 0. The van der Waals surface area contributed by atoms with Gasteiger partial charge in [0.1, 0.15) is 0 Å². The molecular formula is C12H25NO. The number of likely N-dealkylation sites (N-methyl/N-ethyl adjacent to an activating group) is 1. The zero-order valence-corrected chi connectivity index (χ0v) is 10.0. The molecule has 0 saturated heterocycles. The van der Waals surface area contributed by atoms with Gasteiger partial charge in [-0.25, -0.2) is 0 Å². The van der Waals surface area contributed by atoms with Crippen LogP contribution >= 0.6 is 0 Å². The standard InChI is InChI=1S/C12H25NO/c1-5-9(3)11(13-4)12(14-6-2)10-7-8-10/h9-13H,5-8H2,1-4H3. The van der Waals surface area contributed by atoms with Gasteiger partial charge in [-0.3, -0.25) is 0 Å². The van der Waals surface area contributed by atoms with Gasteiger partial charge in [-0.05, 0) is 38.6 Å². The van der Waals surface area contributed by atoms with Crippen LogP contribution in [0.25, 0.3) is 0 Å². The van der Waals surface area contributed by atoms with E-state index in [1.54, 1.807) is 0 Å². The van der Waals surface area contributed by atoms with Gasteiger partial charge in [-0.1, -0.05) is 20.3 Å². The molecule has 3 unspecified atom stereocenters. The van der Waals surface area contributed by atoms with Crippen molar-refractivity contribution in [1.82, 2.24) is 5.32 Å². The van der Waals surface area contributed by atoms with Gasteiger partial charge in [0.05, 0.1) is 6.10 Å². The Labute approximate surface area is 88.4 Å². The molecule has 0 spiro atoms. The average molecular weight is 199 g/mol. The summed E-state index contributed by atoms with van der Waals surface area (Å²) in [6.07, 6.45) is 4.39. The number of nitrogens with one attached hydrogen (secondary N) is 1. The molecule has 0 amide bonds. The first-order chi connectivity index (χ1) is 6.74. The summed E-state index contributed by atoms with van der Waals surface area (Å²) < 4.78 is 5.88. The Hall–Kier alpha value is -0.0800. The van der Waals surface area contributed by atoms with Crippen molar-refractivity contribution in [3.8, 4) is 0 Å². The smallest absolute Gasteiger partial charge is 0.0758 e. The largest absolute Gasteiger partial charge is 0.377 e. The Morgan fingerprint density at radius 1 is 1.36 bits per heavy atom. The van der Waals surface area contributed by atoms with Crippen molar-refractivity contribution >= 4 is 0 Å². The quantitative estimate of drug-likeness (QED) is 0.680. The lowest BCUT2D eigenvalue weighted by molar-refractivity contribution is 0.00668. The first-order valence-corrected chi connectivity index (χ1v) is 6.03. The summed E-state index contributed by atoms with van der Waals surface area (Å²) in [5.74, 6) is 1.53. The van der Waals surface area contributed by atoms with Crippen LogP contribution < -0.4 is 5.32 Å². The van der Waals surface area contributed by atoms with Crippen molar-refractivity contribution in [1.29, 1.82) is 0 Å². The summed E-state index contributed by atoms with van der Waals surface area (Å²) in [5, 5.41) is 3.43. The third kappa shape index (κ3) is 2.96. The highest BCUT2D eigenvalue weighted by Crippen LogP contribution is 2.37. The highest BCUT2D eigenvalue weighted by Gasteiger charge is 2.38. The summed E-state index contributed by atoms with van der Waals surface area (Å²) in [5.41, 5.74) is 0. The molecule has 1 fully saturated rings.